The van der Waals surface area contributed by atoms with Crippen molar-refractivity contribution in [3.63, 3.8) is 0 Å². The van der Waals surface area contributed by atoms with Gasteiger partial charge in [-0.05, 0) is 49.6 Å². The number of para-hydroxylation sites is 2. The van der Waals surface area contributed by atoms with Crippen molar-refractivity contribution in [2.75, 3.05) is 13.6 Å². The number of nitrogens with zero attached hydrogens (tertiary/aromatic N) is 3. The molecule has 0 radical (unpaired) electrons. The molecular formula is C21H27FIN5. The number of fused-ring (bicyclic) bond motifs is 1. The van der Waals surface area contributed by atoms with E-state index in [-0.39, 0.29) is 29.8 Å². The number of aliphatic imine (C=N–C) groups is 1. The topological polar surface area (TPSA) is 54.2 Å². The summed E-state index contributed by atoms with van der Waals surface area (Å²) >= 11 is 0. The van der Waals surface area contributed by atoms with Gasteiger partial charge in [0.2, 0.25) is 0 Å². The molecule has 0 amide bonds. The highest BCUT2D eigenvalue weighted by atomic mass is 127. The van der Waals surface area contributed by atoms with Gasteiger partial charge in [-0.15, -0.1) is 24.0 Å². The van der Waals surface area contributed by atoms with E-state index in [1.54, 1.807) is 26.1 Å². The van der Waals surface area contributed by atoms with Gasteiger partial charge in [-0.1, -0.05) is 24.3 Å². The lowest BCUT2D eigenvalue weighted by Crippen LogP contribution is -2.37. The van der Waals surface area contributed by atoms with Crippen LogP contribution < -0.4 is 10.6 Å². The first-order valence-corrected chi connectivity index (χ1v) is 9.20. The highest BCUT2D eigenvalue weighted by molar-refractivity contribution is 14.0. The van der Waals surface area contributed by atoms with E-state index in [2.05, 4.69) is 31.2 Å². The maximum atomic E-state index is 13.6. The molecule has 5 nitrogen and oxygen atoms in total. The van der Waals surface area contributed by atoms with E-state index in [1.165, 1.54) is 5.52 Å². The van der Waals surface area contributed by atoms with Crippen LogP contribution in [0, 0.1) is 19.7 Å². The van der Waals surface area contributed by atoms with Crippen LogP contribution >= 0.6 is 24.0 Å². The fourth-order valence-electron chi connectivity index (χ4n) is 3.07. The molecule has 2 aromatic carbocycles. The third-order valence-electron chi connectivity index (χ3n) is 4.62. The molecule has 0 aliphatic heterocycles. The highest BCUT2D eigenvalue weighted by Gasteiger charge is 2.06. The summed E-state index contributed by atoms with van der Waals surface area (Å²) in [5.41, 5.74) is 3.75. The van der Waals surface area contributed by atoms with Crippen molar-refractivity contribution < 1.29 is 4.39 Å². The van der Waals surface area contributed by atoms with Gasteiger partial charge in [0, 0.05) is 26.7 Å². The maximum absolute atomic E-state index is 13.6. The Hall–Kier alpha value is -2.16. The van der Waals surface area contributed by atoms with Crippen LogP contribution in [0.25, 0.3) is 11.0 Å². The van der Waals surface area contributed by atoms with Crippen LogP contribution in [-0.2, 0) is 13.1 Å². The summed E-state index contributed by atoms with van der Waals surface area (Å²) in [7, 11) is 1.73. The molecule has 0 spiro atoms. The number of halogens is 2. The van der Waals surface area contributed by atoms with Crippen molar-refractivity contribution in [3.05, 3.63) is 65.2 Å². The van der Waals surface area contributed by atoms with Crippen LogP contribution in [-0.4, -0.2) is 29.1 Å². The second-order valence-electron chi connectivity index (χ2n) is 6.59. The van der Waals surface area contributed by atoms with Gasteiger partial charge in [0.1, 0.15) is 11.6 Å². The average Bonchev–Trinajstić information content (AvgIpc) is 2.99. The van der Waals surface area contributed by atoms with Crippen molar-refractivity contribution in [2.45, 2.75) is 33.4 Å². The number of nitrogens with one attached hydrogen (secondary N) is 2. The maximum Gasteiger partial charge on any atom is 0.191 e. The van der Waals surface area contributed by atoms with E-state index in [0.29, 0.717) is 18.1 Å². The monoisotopic (exact) mass is 495 g/mol. The summed E-state index contributed by atoms with van der Waals surface area (Å²) in [6.07, 6.45) is 0.945. The lowest BCUT2D eigenvalue weighted by molar-refractivity contribution is 0.614. The summed E-state index contributed by atoms with van der Waals surface area (Å²) in [4.78, 5) is 8.82. The van der Waals surface area contributed by atoms with Crippen LogP contribution in [0.1, 0.15) is 23.4 Å². The molecule has 0 saturated carbocycles. The number of imidazole rings is 1. The van der Waals surface area contributed by atoms with Crippen molar-refractivity contribution in [1.82, 2.24) is 20.2 Å². The molecule has 0 fully saturated rings. The van der Waals surface area contributed by atoms with E-state index in [0.717, 1.165) is 36.4 Å². The first-order valence-electron chi connectivity index (χ1n) is 9.20. The molecule has 1 heterocycles. The normalized spacial score (nSPS) is 11.4. The Morgan fingerprint density at radius 2 is 1.93 bits per heavy atom. The van der Waals surface area contributed by atoms with E-state index in [4.69, 9.17) is 0 Å². The van der Waals surface area contributed by atoms with Crippen LogP contribution in [0.4, 0.5) is 4.39 Å². The van der Waals surface area contributed by atoms with Crippen molar-refractivity contribution in [2.24, 2.45) is 4.99 Å². The summed E-state index contributed by atoms with van der Waals surface area (Å²) < 4.78 is 15.9. The fraction of sp³-hybridized carbons (Fsp3) is 0.333. The number of aryl methyl sites for hydroxylation is 3. The second kappa shape index (κ2) is 10.4. The molecule has 0 unspecified atom stereocenters. The first-order chi connectivity index (χ1) is 13.1. The third kappa shape index (κ3) is 5.43. The fourth-order valence-corrected chi connectivity index (χ4v) is 3.07. The van der Waals surface area contributed by atoms with Gasteiger partial charge in [-0.25, -0.2) is 9.37 Å². The first kappa shape index (κ1) is 22.1. The lowest BCUT2D eigenvalue weighted by Gasteiger charge is -2.13. The summed E-state index contributed by atoms with van der Waals surface area (Å²) in [5, 5.41) is 6.53. The summed E-state index contributed by atoms with van der Waals surface area (Å²) in [5.74, 6) is 1.56. The molecule has 7 heteroatoms. The van der Waals surface area contributed by atoms with Crippen LogP contribution in [0.2, 0.25) is 0 Å². The Morgan fingerprint density at radius 3 is 2.68 bits per heavy atom. The number of rotatable bonds is 6. The molecule has 1 aromatic heterocycles. The summed E-state index contributed by atoms with van der Waals surface area (Å²) in [6, 6.07) is 13.5. The van der Waals surface area contributed by atoms with Gasteiger partial charge in [-0.3, -0.25) is 4.99 Å². The number of aromatic nitrogens is 2. The van der Waals surface area contributed by atoms with Crippen molar-refractivity contribution in [1.29, 1.82) is 0 Å². The Bertz CT molecular complexity index is 951. The van der Waals surface area contributed by atoms with E-state index in [9.17, 15) is 4.39 Å². The van der Waals surface area contributed by atoms with Gasteiger partial charge in [-0.2, -0.15) is 0 Å². The highest BCUT2D eigenvalue weighted by Crippen LogP contribution is 2.15. The van der Waals surface area contributed by atoms with E-state index >= 15 is 0 Å². The predicted octanol–water partition coefficient (Wildman–Crippen LogP) is 4.17. The third-order valence-corrected chi connectivity index (χ3v) is 4.62. The molecule has 3 rings (SSSR count). The molecular weight excluding hydrogens is 468 g/mol. The van der Waals surface area contributed by atoms with Crippen molar-refractivity contribution >= 4 is 41.0 Å². The van der Waals surface area contributed by atoms with E-state index in [1.807, 2.05) is 31.2 Å². The molecule has 0 atom stereocenters. The molecule has 0 bridgehead atoms. The quantitative estimate of drug-likeness (QED) is 0.234. The van der Waals surface area contributed by atoms with Crippen LogP contribution in [0.5, 0.6) is 0 Å². The van der Waals surface area contributed by atoms with Crippen LogP contribution in [0.3, 0.4) is 0 Å². The molecule has 0 saturated heterocycles. The number of hydrogen-bond acceptors (Lipinski definition) is 2. The number of benzene rings is 2. The van der Waals surface area contributed by atoms with Gasteiger partial charge < -0.3 is 15.2 Å². The summed E-state index contributed by atoms with van der Waals surface area (Å²) in [6.45, 7) is 6.00. The van der Waals surface area contributed by atoms with Gasteiger partial charge >= 0.3 is 0 Å². The van der Waals surface area contributed by atoms with Crippen LogP contribution in [0.15, 0.2) is 47.5 Å². The van der Waals surface area contributed by atoms with Gasteiger partial charge in [0.15, 0.2) is 5.96 Å². The zero-order chi connectivity index (χ0) is 19.2. The lowest BCUT2D eigenvalue weighted by atomic mass is 10.1. The minimum Gasteiger partial charge on any atom is -0.356 e. The van der Waals surface area contributed by atoms with Crippen molar-refractivity contribution in [3.8, 4) is 0 Å². The molecule has 150 valence electrons. The SMILES string of the molecule is CN=C(NCCCn1c(C)nc2ccccc21)NCc1ccc(C)c(F)c1.I. The van der Waals surface area contributed by atoms with Gasteiger partial charge in [0.05, 0.1) is 11.0 Å². The molecule has 3 aromatic rings. The number of guanidine groups is 1. The largest absolute Gasteiger partial charge is 0.356 e. The molecule has 28 heavy (non-hydrogen) atoms. The zero-order valence-electron chi connectivity index (χ0n) is 16.5. The number of hydrogen-bond donors (Lipinski definition) is 2. The smallest absolute Gasteiger partial charge is 0.191 e. The standard InChI is InChI=1S/C21H26FN5.HI/c1-15-9-10-17(13-18(15)22)14-25-21(23-3)24-11-6-12-27-16(2)26-19-7-4-5-8-20(19)27;/h4-5,7-10,13H,6,11-12,14H2,1-3H3,(H2,23,24,25);1H. The van der Waals surface area contributed by atoms with E-state index < -0.39 is 0 Å². The molecule has 0 aliphatic carbocycles. The Labute approximate surface area is 182 Å². The second-order valence-corrected chi connectivity index (χ2v) is 6.59. The minimum atomic E-state index is -0.180. The molecule has 2 N–H and O–H groups in total. The predicted molar refractivity (Wildman–Crippen MR) is 124 cm³/mol. The molecule has 0 aliphatic rings. The van der Waals surface area contributed by atoms with Gasteiger partial charge in [0.25, 0.3) is 0 Å². The Kier molecular flexibility index (Phi) is 8.22. The average molecular weight is 495 g/mol. The Morgan fingerprint density at radius 1 is 1.14 bits per heavy atom. The zero-order valence-corrected chi connectivity index (χ0v) is 18.8. The minimum absolute atomic E-state index is 0. The Balaban J connectivity index is 0.00000280.